The van der Waals surface area contributed by atoms with Gasteiger partial charge in [-0.15, -0.1) is 0 Å². The van der Waals surface area contributed by atoms with Crippen molar-refractivity contribution >= 4 is 27.7 Å². The lowest BCUT2D eigenvalue weighted by Crippen LogP contribution is -2.21. The van der Waals surface area contributed by atoms with Gasteiger partial charge in [0.05, 0.1) is 5.69 Å². The number of aryl methyl sites for hydroxylation is 1. The van der Waals surface area contributed by atoms with Crippen molar-refractivity contribution < 1.29 is 4.42 Å². The van der Waals surface area contributed by atoms with Gasteiger partial charge in [0, 0.05) is 15.4 Å². The SMILES string of the molecule is CCC(N)Cc1ccc(Br)cc1Sc1nc(C)co1. The summed E-state index contributed by atoms with van der Waals surface area (Å²) in [6, 6.07) is 6.43. The molecular formula is C14H17BrN2OS. The number of oxazole rings is 1. The van der Waals surface area contributed by atoms with E-state index < -0.39 is 0 Å². The highest BCUT2D eigenvalue weighted by Crippen LogP contribution is 2.32. The van der Waals surface area contributed by atoms with Gasteiger partial charge in [-0.3, -0.25) is 0 Å². The fraction of sp³-hybridized carbons (Fsp3) is 0.357. The highest BCUT2D eigenvalue weighted by atomic mass is 79.9. The van der Waals surface area contributed by atoms with Crippen molar-refractivity contribution in [1.29, 1.82) is 0 Å². The van der Waals surface area contributed by atoms with Gasteiger partial charge >= 0.3 is 0 Å². The van der Waals surface area contributed by atoms with Crippen molar-refractivity contribution in [3.63, 3.8) is 0 Å². The zero-order valence-corrected chi connectivity index (χ0v) is 13.4. The van der Waals surface area contributed by atoms with Crippen LogP contribution in [0.5, 0.6) is 0 Å². The van der Waals surface area contributed by atoms with Gasteiger partial charge in [0.2, 0.25) is 0 Å². The van der Waals surface area contributed by atoms with Gasteiger partial charge in [-0.2, -0.15) is 0 Å². The van der Waals surface area contributed by atoms with E-state index >= 15 is 0 Å². The Morgan fingerprint density at radius 2 is 2.26 bits per heavy atom. The molecular weight excluding hydrogens is 324 g/mol. The van der Waals surface area contributed by atoms with Crippen molar-refractivity contribution in [2.45, 2.75) is 42.8 Å². The first-order chi connectivity index (χ1) is 9.08. The Morgan fingerprint density at radius 1 is 1.47 bits per heavy atom. The maximum atomic E-state index is 6.05. The van der Waals surface area contributed by atoms with E-state index in [1.807, 2.05) is 13.0 Å². The van der Waals surface area contributed by atoms with Crippen LogP contribution in [0.2, 0.25) is 0 Å². The molecule has 0 bridgehead atoms. The van der Waals surface area contributed by atoms with Crippen LogP contribution in [0.1, 0.15) is 24.6 Å². The maximum absolute atomic E-state index is 6.05. The summed E-state index contributed by atoms with van der Waals surface area (Å²) in [4.78, 5) is 5.46. The van der Waals surface area contributed by atoms with E-state index in [1.165, 1.54) is 17.3 Å². The van der Waals surface area contributed by atoms with E-state index in [9.17, 15) is 0 Å². The van der Waals surface area contributed by atoms with E-state index in [4.69, 9.17) is 10.2 Å². The summed E-state index contributed by atoms with van der Waals surface area (Å²) < 4.78 is 6.45. The third-order valence-electron chi connectivity index (χ3n) is 2.83. The van der Waals surface area contributed by atoms with Gasteiger partial charge in [-0.1, -0.05) is 28.9 Å². The van der Waals surface area contributed by atoms with Crippen LogP contribution in [-0.2, 0) is 6.42 Å². The Labute approximate surface area is 126 Å². The van der Waals surface area contributed by atoms with Crippen molar-refractivity contribution in [3.8, 4) is 0 Å². The summed E-state index contributed by atoms with van der Waals surface area (Å²) >= 11 is 5.04. The smallest absolute Gasteiger partial charge is 0.260 e. The number of hydrogen-bond acceptors (Lipinski definition) is 4. The van der Waals surface area contributed by atoms with Crippen LogP contribution in [0.4, 0.5) is 0 Å². The second-order valence-electron chi connectivity index (χ2n) is 4.48. The third-order valence-corrected chi connectivity index (χ3v) is 4.29. The van der Waals surface area contributed by atoms with Gasteiger partial charge in [0.15, 0.2) is 0 Å². The number of rotatable bonds is 5. The average molecular weight is 341 g/mol. The summed E-state index contributed by atoms with van der Waals surface area (Å²) in [6.07, 6.45) is 3.50. The molecule has 0 amide bonds. The van der Waals surface area contributed by atoms with Crippen molar-refractivity contribution in [2.24, 2.45) is 5.73 Å². The molecule has 0 aliphatic heterocycles. The first-order valence-corrected chi connectivity index (χ1v) is 7.83. The molecule has 1 atom stereocenters. The molecule has 3 nitrogen and oxygen atoms in total. The van der Waals surface area contributed by atoms with E-state index in [2.05, 4.69) is 40.0 Å². The number of halogens is 1. The zero-order chi connectivity index (χ0) is 13.8. The molecule has 5 heteroatoms. The van der Waals surface area contributed by atoms with E-state index in [1.54, 1.807) is 6.26 Å². The molecule has 1 unspecified atom stereocenters. The monoisotopic (exact) mass is 340 g/mol. The Bertz CT molecular complexity index is 556. The lowest BCUT2D eigenvalue weighted by atomic mass is 10.1. The van der Waals surface area contributed by atoms with Crippen LogP contribution in [0.25, 0.3) is 0 Å². The van der Waals surface area contributed by atoms with Gasteiger partial charge in [0.1, 0.15) is 6.26 Å². The lowest BCUT2D eigenvalue weighted by molar-refractivity contribution is 0.454. The number of nitrogens with two attached hydrogens (primary N) is 1. The molecule has 1 heterocycles. The average Bonchev–Trinajstić information content (AvgIpc) is 2.78. The quantitative estimate of drug-likeness (QED) is 0.887. The second-order valence-corrected chi connectivity index (χ2v) is 6.39. The predicted molar refractivity (Wildman–Crippen MR) is 81.5 cm³/mol. The van der Waals surface area contributed by atoms with Crippen molar-refractivity contribution in [2.75, 3.05) is 0 Å². The maximum Gasteiger partial charge on any atom is 0.260 e. The molecule has 1 aromatic heterocycles. The van der Waals surface area contributed by atoms with Gasteiger partial charge < -0.3 is 10.2 Å². The fourth-order valence-electron chi connectivity index (χ4n) is 1.69. The minimum atomic E-state index is 0.187. The Balaban J connectivity index is 2.24. The molecule has 2 aromatic rings. The molecule has 0 spiro atoms. The van der Waals surface area contributed by atoms with Crippen LogP contribution < -0.4 is 5.73 Å². The highest BCUT2D eigenvalue weighted by molar-refractivity contribution is 9.10. The summed E-state index contributed by atoms with van der Waals surface area (Å²) in [5.41, 5.74) is 8.18. The van der Waals surface area contributed by atoms with Gasteiger partial charge in [0.25, 0.3) is 5.22 Å². The molecule has 2 N–H and O–H groups in total. The number of aromatic nitrogens is 1. The van der Waals surface area contributed by atoms with E-state index in [0.29, 0.717) is 5.22 Å². The summed E-state index contributed by atoms with van der Waals surface area (Å²) in [7, 11) is 0. The van der Waals surface area contributed by atoms with Crippen LogP contribution in [-0.4, -0.2) is 11.0 Å². The molecule has 0 radical (unpaired) electrons. The lowest BCUT2D eigenvalue weighted by Gasteiger charge is -2.12. The predicted octanol–water partition coefficient (Wildman–Crippen LogP) is 4.18. The molecule has 1 aromatic carbocycles. The van der Waals surface area contributed by atoms with Crippen LogP contribution in [0.15, 0.2) is 43.5 Å². The van der Waals surface area contributed by atoms with E-state index in [-0.39, 0.29) is 6.04 Å². The van der Waals surface area contributed by atoms with E-state index in [0.717, 1.165) is 27.9 Å². The highest BCUT2D eigenvalue weighted by Gasteiger charge is 2.11. The number of hydrogen-bond donors (Lipinski definition) is 1. The topological polar surface area (TPSA) is 52.0 Å². The molecule has 0 fully saturated rings. The van der Waals surface area contributed by atoms with Crippen LogP contribution >= 0.6 is 27.7 Å². The van der Waals surface area contributed by atoms with Gasteiger partial charge in [-0.25, -0.2) is 4.98 Å². The molecule has 0 aliphatic carbocycles. The molecule has 0 saturated carbocycles. The minimum Gasteiger partial charge on any atom is -0.439 e. The normalized spacial score (nSPS) is 12.6. The first kappa shape index (κ1) is 14.6. The summed E-state index contributed by atoms with van der Waals surface area (Å²) in [5.74, 6) is 0. The largest absolute Gasteiger partial charge is 0.439 e. The van der Waals surface area contributed by atoms with Gasteiger partial charge in [-0.05, 0) is 49.2 Å². The second kappa shape index (κ2) is 6.59. The molecule has 19 heavy (non-hydrogen) atoms. The number of nitrogens with zero attached hydrogens (tertiary/aromatic N) is 1. The Morgan fingerprint density at radius 3 is 2.89 bits per heavy atom. The fourth-order valence-corrected chi connectivity index (χ4v) is 3.15. The summed E-state index contributed by atoms with van der Waals surface area (Å²) in [6.45, 7) is 4.02. The standard InChI is InChI=1S/C14H17BrN2OS/c1-3-12(16)6-10-4-5-11(15)7-13(10)19-14-17-9(2)8-18-14/h4-5,7-8,12H,3,6,16H2,1-2H3. The first-order valence-electron chi connectivity index (χ1n) is 6.22. The Hall–Kier alpha value is -0.780. The molecule has 0 saturated heterocycles. The van der Waals surface area contributed by atoms with Crippen LogP contribution in [0, 0.1) is 6.92 Å². The number of benzene rings is 1. The van der Waals surface area contributed by atoms with Crippen molar-refractivity contribution in [3.05, 3.63) is 40.2 Å². The molecule has 102 valence electrons. The third kappa shape index (κ3) is 4.09. The minimum absolute atomic E-state index is 0.187. The van der Waals surface area contributed by atoms with Crippen molar-refractivity contribution in [1.82, 2.24) is 4.98 Å². The Kier molecular flexibility index (Phi) is 5.07. The summed E-state index contributed by atoms with van der Waals surface area (Å²) in [5, 5.41) is 0.668. The molecule has 0 aliphatic rings. The zero-order valence-electron chi connectivity index (χ0n) is 11.0. The molecule has 2 rings (SSSR count). The van der Waals surface area contributed by atoms with Crippen LogP contribution in [0.3, 0.4) is 0 Å².